The number of aromatic nitrogens is 4. The molecule has 0 spiro atoms. The fraction of sp³-hybridized carbons (Fsp3) is 0.417. The van der Waals surface area contributed by atoms with E-state index in [0.29, 0.717) is 24.6 Å². The largest absolute Gasteiger partial charge is 0.396 e. The first kappa shape index (κ1) is 13.1. The minimum absolute atomic E-state index is 0.113. The lowest BCUT2D eigenvalue weighted by Gasteiger charge is -2.11. The topological polar surface area (TPSA) is 90.8 Å². The highest BCUT2D eigenvalue weighted by atomic mass is 16.1. The number of hydrogen-bond acceptors (Lipinski definition) is 5. The first-order valence-electron chi connectivity index (χ1n) is 6.17. The zero-order valence-corrected chi connectivity index (χ0v) is 11.1. The molecule has 19 heavy (non-hydrogen) atoms. The van der Waals surface area contributed by atoms with Gasteiger partial charge in [-0.2, -0.15) is 5.10 Å². The quantitative estimate of drug-likeness (QED) is 0.828. The summed E-state index contributed by atoms with van der Waals surface area (Å²) in [4.78, 5) is 16.1. The molecule has 3 N–H and O–H groups in total. The summed E-state index contributed by atoms with van der Waals surface area (Å²) in [5, 5.41) is 7.08. The molecular weight excluding hydrogens is 244 g/mol. The Labute approximate surface area is 111 Å². The maximum atomic E-state index is 12.1. The van der Waals surface area contributed by atoms with Crippen LogP contribution < -0.4 is 16.6 Å². The minimum atomic E-state index is -0.113. The molecule has 0 amide bonds. The number of nitrogen functional groups attached to an aromatic ring is 1. The van der Waals surface area contributed by atoms with Crippen LogP contribution in [0.1, 0.15) is 19.9 Å². The van der Waals surface area contributed by atoms with Gasteiger partial charge in [0, 0.05) is 31.2 Å². The van der Waals surface area contributed by atoms with Crippen LogP contribution in [0.15, 0.2) is 29.6 Å². The summed E-state index contributed by atoms with van der Waals surface area (Å²) in [5.74, 6) is 0.358. The summed E-state index contributed by atoms with van der Waals surface area (Å²) in [6.07, 6.45) is 6.64. The molecule has 2 aromatic heterocycles. The van der Waals surface area contributed by atoms with Crippen molar-refractivity contribution in [3.05, 3.63) is 35.1 Å². The maximum Gasteiger partial charge on any atom is 0.293 e. The Morgan fingerprint density at radius 1 is 1.47 bits per heavy atom. The van der Waals surface area contributed by atoms with Gasteiger partial charge in [-0.05, 0) is 13.8 Å². The molecule has 0 saturated carbocycles. The molecule has 0 bridgehead atoms. The molecule has 0 unspecified atom stereocenters. The Hall–Kier alpha value is -2.31. The van der Waals surface area contributed by atoms with E-state index in [2.05, 4.69) is 15.4 Å². The third-order valence-electron chi connectivity index (χ3n) is 2.71. The van der Waals surface area contributed by atoms with Crippen molar-refractivity contribution >= 4 is 11.5 Å². The summed E-state index contributed by atoms with van der Waals surface area (Å²) in [6, 6.07) is 0.113. The molecule has 0 saturated heterocycles. The molecule has 2 aromatic rings. The van der Waals surface area contributed by atoms with Crippen molar-refractivity contribution in [3.8, 4) is 0 Å². The van der Waals surface area contributed by atoms with Gasteiger partial charge in [0.1, 0.15) is 0 Å². The van der Waals surface area contributed by atoms with E-state index in [9.17, 15) is 4.79 Å². The zero-order chi connectivity index (χ0) is 13.8. The van der Waals surface area contributed by atoms with Crippen LogP contribution in [0.5, 0.6) is 0 Å². The second kappa shape index (κ2) is 5.55. The van der Waals surface area contributed by atoms with Crippen molar-refractivity contribution in [2.24, 2.45) is 0 Å². The Kier molecular flexibility index (Phi) is 3.84. The van der Waals surface area contributed by atoms with Gasteiger partial charge in [0.15, 0.2) is 5.82 Å². The summed E-state index contributed by atoms with van der Waals surface area (Å²) < 4.78 is 3.35. The van der Waals surface area contributed by atoms with Gasteiger partial charge >= 0.3 is 0 Å². The summed E-state index contributed by atoms with van der Waals surface area (Å²) in [6.45, 7) is 5.09. The van der Waals surface area contributed by atoms with Crippen LogP contribution in [0.2, 0.25) is 0 Å². The minimum Gasteiger partial charge on any atom is -0.396 e. The Morgan fingerprint density at radius 2 is 2.26 bits per heavy atom. The van der Waals surface area contributed by atoms with Crippen molar-refractivity contribution < 1.29 is 0 Å². The predicted molar refractivity (Wildman–Crippen MR) is 74.0 cm³/mol. The normalized spacial score (nSPS) is 10.9. The highest BCUT2D eigenvalue weighted by Crippen LogP contribution is 2.01. The van der Waals surface area contributed by atoms with Gasteiger partial charge in [-0.25, -0.2) is 4.98 Å². The van der Waals surface area contributed by atoms with Crippen LogP contribution in [0.25, 0.3) is 0 Å². The molecule has 102 valence electrons. The standard InChI is InChI=1S/C12H18N6O/c1-9(2)18-6-4-15-11(12(18)19)14-3-5-17-8-10(13)7-16-17/h4,6-9H,3,5,13H2,1-2H3,(H,14,15). The van der Waals surface area contributed by atoms with Gasteiger partial charge in [-0.1, -0.05) is 0 Å². The van der Waals surface area contributed by atoms with Crippen molar-refractivity contribution in [1.82, 2.24) is 19.3 Å². The van der Waals surface area contributed by atoms with Crippen LogP contribution in [0.4, 0.5) is 11.5 Å². The third-order valence-corrected chi connectivity index (χ3v) is 2.71. The van der Waals surface area contributed by atoms with E-state index < -0.39 is 0 Å². The fourth-order valence-electron chi connectivity index (χ4n) is 1.74. The average molecular weight is 262 g/mol. The van der Waals surface area contributed by atoms with Crippen LogP contribution in [0, 0.1) is 0 Å². The molecular formula is C12H18N6O. The van der Waals surface area contributed by atoms with E-state index >= 15 is 0 Å². The highest BCUT2D eigenvalue weighted by Gasteiger charge is 2.06. The predicted octanol–water partition coefficient (Wildman–Crippen LogP) is 0.715. The zero-order valence-electron chi connectivity index (χ0n) is 11.1. The number of nitrogens with two attached hydrogens (primary N) is 1. The van der Waals surface area contributed by atoms with Crippen molar-refractivity contribution in [2.45, 2.75) is 26.4 Å². The van der Waals surface area contributed by atoms with Crippen LogP contribution in [-0.4, -0.2) is 25.9 Å². The van der Waals surface area contributed by atoms with Crippen molar-refractivity contribution in [1.29, 1.82) is 0 Å². The van der Waals surface area contributed by atoms with Gasteiger partial charge < -0.3 is 15.6 Å². The van der Waals surface area contributed by atoms with Gasteiger partial charge in [-0.3, -0.25) is 9.48 Å². The first-order chi connectivity index (χ1) is 9.08. The van der Waals surface area contributed by atoms with Gasteiger partial charge in [0.05, 0.1) is 18.4 Å². The number of rotatable bonds is 5. The number of anilines is 2. The molecule has 7 nitrogen and oxygen atoms in total. The highest BCUT2D eigenvalue weighted by molar-refractivity contribution is 5.31. The van der Waals surface area contributed by atoms with Gasteiger partial charge in [0.25, 0.3) is 5.56 Å². The summed E-state index contributed by atoms with van der Waals surface area (Å²) >= 11 is 0. The van der Waals surface area contributed by atoms with Crippen LogP contribution in [0.3, 0.4) is 0 Å². The SMILES string of the molecule is CC(C)n1ccnc(NCCn2cc(N)cn2)c1=O. The van der Waals surface area contributed by atoms with E-state index in [0.717, 1.165) is 0 Å². The molecule has 0 aliphatic rings. The van der Waals surface area contributed by atoms with E-state index in [1.165, 1.54) is 0 Å². The molecule has 0 radical (unpaired) electrons. The molecule has 0 aliphatic carbocycles. The lowest BCUT2D eigenvalue weighted by atomic mass is 10.4. The molecule has 0 fully saturated rings. The van der Waals surface area contributed by atoms with Gasteiger partial charge in [0.2, 0.25) is 0 Å². The van der Waals surface area contributed by atoms with Crippen molar-refractivity contribution in [2.75, 3.05) is 17.6 Å². The monoisotopic (exact) mass is 262 g/mol. The Morgan fingerprint density at radius 3 is 2.89 bits per heavy atom. The second-order valence-corrected chi connectivity index (χ2v) is 4.55. The van der Waals surface area contributed by atoms with Crippen molar-refractivity contribution in [3.63, 3.8) is 0 Å². The first-order valence-corrected chi connectivity index (χ1v) is 6.17. The lowest BCUT2D eigenvalue weighted by molar-refractivity contribution is 0.574. The van der Waals surface area contributed by atoms with Crippen LogP contribution >= 0.6 is 0 Å². The maximum absolute atomic E-state index is 12.1. The number of nitrogens with one attached hydrogen (secondary N) is 1. The smallest absolute Gasteiger partial charge is 0.293 e. The fourth-order valence-corrected chi connectivity index (χ4v) is 1.74. The molecule has 7 heteroatoms. The molecule has 2 heterocycles. The van der Waals surface area contributed by atoms with Gasteiger partial charge in [-0.15, -0.1) is 0 Å². The molecule has 2 rings (SSSR count). The third kappa shape index (κ3) is 3.12. The number of hydrogen-bond donors (Lipinski definition) is 2. The molecule has 0 aliphatic heterocycles. The summed E-state index contributed by atoms with van der Waals surface area (Å²) in [5.41, 5.74) is 6.08. The van der Waals surface area contributed by atoms with E-state index in [-0.39, 0.29) is 11.6 Å². The van der Waals surface area contributed by atoms with Crippen LogP contribution in [-0.2, 0) is 6.54 Å². The Balaban J connectivity index is 2.00. The number of nitrogens with zero attached hydrogens (tertiary/aromatic N) is 4. The van der Waals surface area contributed by atoms with E-state index in [1.54, 1.807) is 34.0 Å². The Bertz CT molecular complexity index is 600. The molecule has 0 aromatic carbocycles. The van der Waals surface area contributed by atoms with E-state index in [4.69, 9.17) is 5.73 Å². The van der Waals surface area contributed by atoms with E-state index in [1.807, 2.05) is 13.8 Å². The second-order valence-electron chi connectivity index (χ2n) is 4.55. The molecule has 0 atom stereocenters. The lowest BCUT2D eigenvalue weighted by Crippen LogP contribution is -2.26. The average Bonchev–Trinajstić information content (AvgIpc) is 2.77. The summed E-state index contributed by atoms with van der Waals surface area (Å²) in [7, 11) is 0.